The highest BCUT2D eigenvalue weighted by atomic mass is 35.5. The topological polar surface area (TPSA) is 55.5 Å². The van der Waals surface area contributed by atoms with Gasteiger partial charge in [-0.2, -0.15) is 0 Å². The van der Waals surface area contributed by atoms with Gasteiger partial charge >= 0.3 is 6.36 Å². The summed E-state index contributed by atoms with van der Waals surface area (Å²) < 4.78 is 39.6. The van der Waals surface area contributed by atoms with Crippen molar-refractivity contribution < 1.29 is 23.0 Å². The fourth-order valence-electron chi connectivity index (χ4n) is 1.26. The van der Waals surface area contributed by atoms with Crippen LogP contribution in [0, 0.1) is 0 Å². The van der Waals surface area contributed by atoms with Gasteiger partial charge in [0.05, 0.1) is 5.02 Å². The maximum absolute atomic E-state index is 12.0. The second-order valence-electron chi connectivity index (χ2n) is 3.36. The smallest absolute Gasteiger partial charge is 0.404 e. The Balaban J connectivity index is 0.00000289. The number of aliphatic hydroxyl groups excluding tert-OH is 1. The van der Waals surface area contributed by atoms with E-state index in [1.165, 1.54) is 12.1 Å². The van der Waals surface area contributed by atoms with Crippen molar-refractivity contribution in [3.63, 3.8) is 0 Å². The molecule has 0 bridgehead atoms. The molecule has 1 atom stereocenters. The van der Waals surface area contributed by atoms with E-state index in [0.29, 0.717) is 12.0 Å². The Hall–Kier alpha value is -0.690. The lowest BCUT2D eigenvalue weighted by molar-refractivity contribution is -0.274. The van der Waals surface area contributed by atoms with E-state index in [1.807, 2.05) is 0 Å². The zero-order valence-electron chi connectivity index (χ0n) is 9.08. The molecule has 0 heterocycles. The van der Waals surface area contributed by atoms with Crippen molar-refractivity contribution in [2.75, 3.05) is 6.61 Å². The number of hydrogen-bond acceptors (Lipinski definition) is 3. The predicted molar refractivity (Wildman–Crippen MR) is 64.0 cm³/mol. The zero-order valence-corrected chi connectivity index (χ0v) is 10.6. The molecular weight excluding hydrogens is 294 g/mol. The molecular formula is C10H12Cl2F3NO2. The molecule has 0 unspecified atom stereocenters. The monoisotopic (exact) mass is 305 g/mol. The van der Waals surface area contributed by atoms with Crippen LogP contribution in [0.3, 0.4) is 0 Å². The van der Waals surface area contributed by atoms with Crippen LogP contribution < -0.4 is 10.5 Å². The highest BCUT2D eigenvalue weighted by Gasteiger charge is 2.32. The van der Waals surface area contributed by atoms with Crippen LogP contribution in [0.5, 0.6) is 5.75 Å². The predicted octanol–water partition coefficient (Wildman–Crippen LogP) is 3.04. The van der Waals surface area contributed by atoms with Gasteiger partial charge in [0.2, 0.25) is 0 Å². The molecule has 0 amide bonds. The van der Waals surface area contributed by atoms with Crippen molar-refractivity contribution in [2.24, 2.45) is 5.73 Å². The highest BCUT2D eigenvalue weighted by molar-refractivity contribution is 6.32. The largest absolute Gasteiger partial charge is 0.573 e. The summed E-state index contributed by atoms with van der Waals surface area (Å²) in [6.45, 7) is -0.112. The Morgan fingerprint density at radius 1 is 1.39 bits per heavy atom. The fourth-order valence-corrected chi connectivity index (χ4v) is 1.49. The van der Waals surface area contributed by atoms with E-state index in [-0.39, 0.29) is 24.0 Å². The van der Waals surface area contributed by atoms with Crippen LogP contribution >= 0.6 is 24.0 Å². The average Bonchev–Trinajstić information content (AvgIpc) is 2.19. The standard InChI is InChI=1S/C10H11ClF3NO2.ClH/c11-7-5-6(8(15)3-4-16)1-2-9(7)17-10(12,13)14;/h1-2,5,8,16H,3-4,15H2;1H/t8-;/m1./s1. The Morgan fingerprint density at radius 3 is 2.44 bits per heavy atom. The summed E-state index contributed by atoms with van der Waals surface area (Å²) in [7, 11) is 0. The van der Waals surface area contributed by atoms with Gasteiger partial charge in [-0.3, -0.25) is 0 Å². The van der Waals surface area contributed by atoms with E-state index >= 15 is 0 Å². The molecule has 3 nitrogen and oxygen atoms in total. The summed E-state index contributed by atoms with van der Waals surface area (Å²) in [6.07, 6.45) is -4.48. The Labute approximate surface area is 113 Å². The molecule has 1 aromatic carbocycles. The SMILES string of the molecule is Cl.N[C@H](CCO)c1ccc(OC(F)(F)F)c(Cl)c1. The molecule has 0 saturated carbocycles. The van der Waals surface area contributed by atoms with Crippen LogP contribution in [0.4, 0.5) is 13.2 Å². The Morgan fingerprint density at radius 2 is 2.00 bits per heavy atom. The molecule has 18 heavy (non-hydrogen) atoms. The minimum Gasteiger partial charge on any atom is -0.404 e. The third kappa shape index (κ3) is 5.30. The van der Waals surface area contributed by atoms with E-state index in [1.54, 1.807) is 0 Å². The van der Waals surface area contributed by atoms with Crippen molar-refractivity contribution >= 4 is 24.0 Å². The van der Waals surface area contributed by atoms with E-state index in [9.17, 15) is 13.2 Å². The van der Waals surface area contributed by atoms with Crippen molar-refractivity contribution in [3.8, 4) is 5.75 Å². The third-order valence-electron chi connectivity index (χ3n) is 2.05. The number of halogens is 5. The van der Waals surface area contributed by atoms with Crippen LogP contribution in [0.1, 0.15) is 18.0 Å². The summed E-state index contributed by atoms with van der Waals surface area (Å²) in [5.74, 6) is -0.473. The second kappa shape index (κ2) is 7.04. The van der Waals surface area contributed by atoms with Crippen LogP contribution in [0.15, 0.2) is 18.2 Å². The average molecular weight is 306 g/mol. The first-order valence-corrected chi connectivity index (χ1v) is 5.13. The maximum Gasteiger partial charge on any atom is 0.573 e. The van der Waals surface area contributed by atoms with Gasteiger partial charge in [0.25, 0.3) is 0 Å². The number of alkyl halides is 3. The summed E-state index contributed by atoms with van der Waals surface area (Å²) in [5, 5.41) is 8.52. The van der Waals surface area contributed by atoms with E-state index < -0.39 is 18.2 Å². The molecule has 8 heteroatoms. The molecule has 1 aromatic rings. The van der Waals surface area contributed by atoms with E-state index in [0.717, 1.165) is 6.07 Å². The van der Waals surface area contributed by atoms with Crippen molar-refractivity contribution in [1.29, 1.82) is 0 Å². The van der Waals surface area contributed by atoms with Gasteiger partial charge in [-0.15, -0.1) is 25.6 Å². The van der Waals surface area contributed by atoms with Crippen molar-refractivity contribution in [2.45, 2.75) is 18.8 Å². The van der Waals surface area contributed by atoms with Gasteiger partial charge in [0, 0.05) is 12.6 Å². The minimum absolute atomic E-state index is 0. The lowest BCUT2D eigenvalue weighted by Gasteiger charge is -2.14. The van der Waals surface area contributed by atoms with Crippen LogP contribution in [-0.2, 0) is 0 Å². The first-order valence-electron chi connectivity index (χ1n) is 4.75. The van der Waals surface area contributed by atoms with Crippen LogP contribution in [-0.4, -0.2) is 18.1 Å². The number of hydrogen-bond donors (Lipinski definition) is 2. The molecule has 0 aromatic heterocycles. The van der Waals surface area contributed by atoms with Gasteiger partial charge in [-0.1, -0.05) is 17.7 Å². The van der Waals surface area contributed by atoms with Gasteiger partial charge in [0.1, 0.15) is 5.75 Å². The molecule has 0 aliphatic rings. The van der Waals surface area contributed by atoms with Gasteiger partial charge < -0.3 is 15.6 Å². The minimum atomic E-state index is -4.78. The lowest BCUT2D eigenvalue weighted by Crippen LogP contribution is -2.17. The van der Waals surface area contributed by atoms with Gasteiger partial charge in [-0.05, 0) is 24.1 Å². The summed E-state index contributed by atoms with van der Waals surface area (Å²) in [4.78, 5) is 0. The number of benzene rings is 1. The molecule has 3 N–H and O–H groups in total. The summed E-state index contributed by atoms with van der Waals surface area (Å²) >= 11 is 5.64. The highest BCUT2D eigenvalue weighted by Crippen LogP contribution is 2.32. The first-order chi connectivity index (χ1) is 7.83. The summed E-state index contributed by atoms with van der Waals surface area (Å²) in [6, 6.07) is 3.30. The van der Waals surface area contributed by atoms with Crippen molar-refractivity contribution in [3.05, 3.63) is 28.8 Å². The Bertz CT molecular complexity index is 388. The lowest BCUT2D eigenvalue weighted by atomic mass is 10.1. The van der Waals surface area contributed by atoms with Gasteiger partial charge in [-0.25, -0.2) is 0 Å². The quantitative estimate of drug-likeness (QED) is 0.899. The van der Waals surface area contributed by atoms with Crippen LogP contribution in [0.2, 0.25) is 5.02 Å². The normalized spacial score (nSPS) is 12.8. The fraction of sp³-hybridized carbons (Fsp3) is 0.400. The Kier molecular flexibility index (Phi) is 6.77. The maximum atomic E-state index is 12.0. The number of aliphatic hydroxyl groups is 1. The first kappa shape index (κ1) is 17.3. The third-order valence-corrected chi connectivity index (χ3v) is 2.35. The number of ether oxygens (including phenoxy) is 1. The zero-order chi connectivity index (χ0) is 13.1. The van der Waals surface area contributed by atoms with Gasteiger partial charge in [0.15, 0.2) is 0 Å². The molecule has 0 aliphatic heterocycles. The summed E-state index contributed by atoms with van der Waals surface area (Å²) in [5.41, 5.74) is 6.21. The van der Waals surface area contributed by atoms with E-state index in [4.69, 9.17) is 22.4 Å². The second-order valence-corrected chi connectivity index (χ2v) is 3.76. The molecule has 104 valence electrons. The molecule has 1 rings (SSSR count). The molecule has 0 aliphatic carbocycles. The molecule has 0 saturated heterocycles. The molecule has 0 spiro atoms. The number of rotatable bonds is 4. The van der Waals surface area contributed by atoms with Crippen molar-refractivity contribution in [1.82, 2.24) is 0 Å². The van der Waals surface area contributed by atoms with E-state index in [2.05, 4.69) is 4.74 Å². The molecule has 0 fully saturated rings. The number of nitrogens with two attached hydrogens (primary N) is 1. The molecule has 0 radical (unpaired) electrons. The van der Waals surface area contributed by atoms with Crippen LogP contribution in [0.25, 0.3) is 0 Å².